The van der Waals surface area contributed by atoms with Crippen molar-refractivity contribution in [3.8, 4) is 0 Å². The first-order valence-corrected chi connectivity index (χ1v) is 6.43. The molecule has 110 valence electrons. The smallest absolute Gasteiger partial charge is 0.326 e. The number of rotatable bonds is 5. The summed E-state index contributed by atoms with van der Waals surface area (Å²) in [6.07, 6.45) is 0.279. The molecule has 0 radical (unpaired) electrons. The number of carboxylic acid groups (broad SMARTS) is 1. The van der Waals surface area contributed by atoms with Crippen LogP contribution in [0.3, 0.4) is 0 Å². The molecule has 7 heteroatoms. The third kappa shape index (κ3) is 4.70. The SMILES string of the molecule is CC(C)C[C@@H](NC(=O)Nc1cccc(Cl)c1F)C(=O)O. The minimum atomic E-state index is -1.14. The molecule has 0 aliphatic heterocycles. The summed E-state index contributed by atoms with van der Waals surface area (Å²) in [6.45, 7) is 3.68. The van der Waals surface area contributed by atoms with Gasteiger partial charge in [0, 0.05) is 0 Å². The highest BCUT2D eigenvalue weighted by Gasteiger charge is 2.21. The van der Waals surface area contributed by atoms with Gasteiger partial charge >= 0.3 is 12.0 Å². The number of nitrogens with one attached hydrogen (secondary N) is 2. The number of anilines is 1. The molecular weight excluding hydrogens is 287 g/mol. The fraction of sp³-hybridized carbons (Fsp3) is 0.385. The van der Waals surface area contributed by atoms with E-state index in [1.54, 1.807) is 0 Å². The zero-order valence-corrected chi connectivity index (χ0v) is 11.9. The van der Waals surface area contributed by atoms with E-state index >= 15 is 0 Å². The predicted molar refractivity (Wildman–Crippen MR) is 74.4 cm³/mol. The van der Waals surface area contributed by atoms with E-state index in [-0.39, 0.29) is 23.0 Å². The summed E-state index contributed by atoms with van der Waals surface area (Å²) in [4.78, 5) is 22.7. The Labute approximate surface area is 121 Å². The Bertz CT molecular complexity index is 508. The van der Waals surface area contributed by atoms with Crippen LogP contribution in [0.15, 0.2) is 18.2 Å². The maximum Gasteiger partial charge on any atom is 0.326 e. The minimum absolute atomic E-state index is 0.0966. The molecule has 0 saturated heterocycles. The van der Waals surface area contributed by atoms with E-state index in [0.717, 1.165) is 0 Å². The van der Waals surface area contributed by atoms with Crippen molar-refractivity contribution in [3.63, 3.8) is 0 Å². The van der Waals surface area contributed by atoms with Crippen LogP contribution in [0, 0.1) is 11.7 Å². The Hall–Kier alpha value is -1.82. The van der Waals surface area contributed by atoms with Crippen LogP contribution in [0.5, 0.6) is 0 Å². The lowest BCUT2D eigenvalue weighted by molar-refractivity contribution is -0.139. The molecule has 0 heterocycles. The summed E-state index contributed by atoms with van der Waals surface area (Å²) >= 11 is 5.58. The first-order valence-electron chi connectivity index (χ1n) is 6.05. The summed E-state index contributed by atoms with van der Waals surface area (Å²) in [5, 5.41) is 13.4. The molecule has 2 amide bonds. The molecule has 0 bridgehead atoms. The Morgan fingerprint density at radius 2 is 2.05 bits per heavy atom. The van der Waals surface area contributed by atoms with Crippen LogP contribution in [0.2, 0.25) is 5.02 Å². The van der Waals surface area contributed by atoms with Crippen molar-refractivity contribution in [3.05, 3.63) is 29.0 Å². The van der Waals surface area contributed by atoms with Crippen LogP contribution in [-0.4, -0.2) is 23.1 Å². The molecule has 1 atom stereocenters. The largest absolute Gasteiger partial charge is 0.480 e. The van der Waals surface area contributed by atoms with Gasteiger partial charge in [0.1, 0.15) is 6.04 Å². The molecule has 0 aliphatic carbocycles. The average Bonchev–Trinajstić information content (AvgIpc) is 2.33. The molecule has 0 saturated carbocycles. The summed E-state index contributed by atoms with van der Waals surface area (Å²) in [6, 6.07) is 2.33. The maximum absolute atomic E-state index is 13.6. The number of benzene rings is 1. The van der Waals surface area contributed by atoms with Crippen LogP contribution in [0.1, 0.15) is 20.3 Å². The van der Waals surface area contributed by atoms with Gasteiger partial charge in [-0.15, -0.1) is 0 Å². The minimum Gasteiger partial charge on any atom is -0.480 e. The van der Waals surface area contributed by atoms with E-state index in [9.17, 15) is 14.0 Å². The van der Waals surface area contributed by atoms with E-state index in [0.29, 0.717) is 0 Å². The molecule has 1 aromatic carbocycles. The Balaban J connectivity index is 2.71. The van der Waals surface area contributed by atoms with Crippen LogP contribution in [0.4, 0.5) is 14.9 Å². The van der Waals surface area contributed by atoms with Gasteiger partial charge in [-0.25, -0.2) is 14.0 Å². The number of carbonyl (C=O) groups excluding carboxylic acids is 1. The number of carbonyl (C=O) groups is 2. The van der Waals surface area contributed by atoms with Crippen molar-refractivity contribution in [2.45, 2.75) is 26.3 Å². The second-order valence-electron chi connectivity index (χ2n) is 4.72. The molecule has 0 unspecified atom stereocenters. The van der Waals surface area contributed by atoms with Crippen molar-refractivity contribution in [2.24, 2.45) is 5.92 Å². The van der Waals surface area contributed by atoms with Gasteiger partial charge in [-0.3, -0.25) is 0 Å². The fourth-order valence-corrected chi connectivity index (χ4v) is 1.78. The molecule has 0 aliphatic rings. The molecule has 0 fully saturated rings. The van der Waals surface area contributed by atoms with Gasteiger partial charge in [-0.2, -0.15) is 0 Å². The predicted octanol–water partition coefficient (Wildman–Crippen LogP) is 3.10. The topological polar surface area (TPSA) is 78.4 Å². The molecular formula is C13H16ClFN2O3. The molecule has 0 aromatic heterocycles. The summed E-state index contributed by atoms with van der Waals surface area (Å²) in [5.74, 6) is -1.81. The van der Waals surface area contributed by atoms with E-state index in [1.807, 2.05) is 13.8 Å². The first kappa shape index (κ1) is 16.2. The number of hydrogen-bond acceptors (Lipinski definition) is 2. The third-order valence-corrected chi connectivity index (χ3v) is 2.80. The first-order chi connectivity index (χ1) is 9.31. The summed E-state index contributed by atoms with van der Waals surface area (Å²) in [7, 11) is 0. The fourth-order valence-electron chi connectivity index (χ4n) is 1.61. The normalized spacial score (nSPS) is 12.1. The zero-order chi connectivity index (χ0) is 15.3. The Morgan fingerprint density at radius 3 is 2.60 bits per heavy atom. The molecule has 1 rings (SSSR count). The third-order valence-electron chi connectivity index (χ3n) is 2.51. The van der Waals surface area contributed by atoms with Gasteiger partial charge in [0.2, 0.25) is 0 Å². The van der Waals surface area contributed by atoms with Crippen LogP contribution in [-0.2, 0) is 4.79 Å². The summed E-state index contributed by atoms with van der Waals surface area (Å²) < 4.78 is 13.6. The highest BCUT2D eigenvalue weighted by Crippen LogP contribution is 2.21. The van der Waals surface area contributed by atoms with E-state index in [2.05, 4.69) is 10.6 Å². The van der Waals surface area contributed by atoms with Crippen LogP contribution in [0.25, 0.3) is 0 Å². The number of amides is 2. The average molecular weight is 303 g/mol. The standard InChI is InChI=1S/C13H16ClFN2O3/c1-7(2)6-10(12(18)19)17-13(20)16-9-5-3-4-8(14)11(9)15/h3-5,7,10H,6H2,1-2H3,(H,18,19)(H2,16,17,20)/t10-/m1/s1. The number of aliphatic carboxylic acids is 1. The molecule has 20 heavy (non-hydrogen) atoms. The molecule has 3 N–H and O–H groups in total. The van der Waals surface area contributed by atoms with Gasteiger partial charge in [-0.05, 0) is 24.5 Å². The second-order valence-corrected chi connectivity index (χ2v) is 5.13. The Morgan fingerprint density at radius 1 is 1.40 bits per heavy atom. The molecule has 0 spiro atoms. The van der Waals surface area contributed by atoms with Crippen LogP contribution < -0.4 is 10.6 Å². The van der Waals surface area contributed by atoms with Gasteiger partial charge in [0.15, 0.2) is 5.82 Å². The van der Waals surface area contributed by atoms with Gasteiger partial charge in [0.05, 0.1) is 10.7 Å². The highest BCUT2D eigenvalue weighted by molar-refractivity contribution is 6.31. The lowest BCUT2D eigenvalue weighted by atomic mass is 10.0. The van der Waals surface area contributed by atoms with Gasteiger partial charge in [-0.1, -0.05) is 31.5 Å². The molecule has 5 nitrogen and oxygen atoms in total. The second kappa shape index (κ2) is 7.09. The number of carboxylic acids is 1. The van der Waals surface area contributed by atoms with Crippen molar-refractivity contribution in [2.75, 3.05) is 5.32 Å². The number of halogens is 2. The summed E-state index contributed by atoms with van der Waals surface area (Å²) in [5.41, 5.74) is -0.108. The quantitative estimate of drug-likeness (QED) is 0.782. The van der Waals surface area contributed by atoms with E-state index < -0.39 is 23.9 Å². The van der Waals surface area contributed by atoms with E-state index in [1.165, 1.54) is 18.2 Å². The van der Waals surface area contributed by atoms with Gasteiger partial charge in [0.25, 0.3) is 0 Å². The zero-order valence-electron chi connectivity index (χ0n) is 11.1. The Kier molecular flexibility index (Phi) is 5.76. The lowest BCUT2D eigenvalue weighted by Gasteiger charge is -2.17. The van der Waals surface area contributed by atoms with Crippen LogP contribution >= 0.6 is 11.6 Å². The van der Waals surface area contributed by atoms with Gasteiger partial charge < -0.3 is 15.7 Å². The highest BCUT2D eigenvalue weighted by atomic mass is 35.5. The number of urea groups is 1. The monoisotopic (exact) mass is 302 g/mol. The van der Waals surface area contributed by atoms with E-state index in [4.69, 9.17) is 16.7 Å². The van der Waals surface area contributed by atoms with Crippen molar-refractivity contribution >= 4 is 29.3 Å². The maximum atomic E-state index is 13.6. The van der Waals surface area contributed by atoms with Crippen molar-refractivity contribution < 1.29 is 19.1 Å². The lowest BCUT2D eigenvalue weighted by Crippen LogP contribution is -2.43. The van der Waals surface area contributed by atoms with Crippen molar-refractivity contribution in [1.29, 1.82) is 0 Å². The molecule has 1 aromatic rings. The van der Waals surface area contributed by atoms with Crippen molar-refractivity contribution in [1.82, 2.24) is 5.32 Å². The number of hydrogen-bond donors (Lipinski definition) is 3.